The lowest BCUT2D eigenvalue weighted by atomic mass is 10.2. The van der Waals surface area contributed by atoms with Crippen LogP contribution in [0.3, 0.4) is 0 Å². The number of ether oxygens (including phenoxy) is 1. The van der Waals surface area contributed by atoms with Crippen molar-refractivity contribution < 1.29 is 18.3 Å². The SMILES string of the molecule is COc1cc(NC(=O)c2cccc(F)c2F)ccc1N. The van der Waals surface area contributed by atoms with Crippen molar-refractivity contribution in [2.24, 2.45) is 0 Å². The summed E-state index contributed by atoms with van der Waals surface area (Å²) in [6.45, 7) is 0. The van der Waals surface area contributed by atoms with Crippen molar-refractivity contribution in [1.82, 2.24) is 0 Å². The summed E-state index contributed by atoms with van der Waals surface area (Å²) in [5, 5.41) is 2.45. The fourth-order valence-electron chi connectivity index (χ4n) is 1.67. The number of carbonyl (C=O) groups is 1. The quantitative estimate of drug-likeness (QED) is 0.848. The molecule has 0 aliphatic rings. The van der Waals surface area contributed by atoms with Gasteiger partial charge in [-0.1, -0.05) is 6.07 Å². The van der Waals surface area contributed by atoms with Crippen LogP contribution in [0.2, 0.25) is 0 Å². The Labute approximate surface area is 114 Å². The topological polar surface area (TPSA) is 64.3 Å². The number of amides is 1. The zero-order chi connectivity index (χ0) is 14.7. The minimum atomic E-state index is -1.19. The Morgan fingerprint density at radius 1 is 1.25 bits per heavy atom. The minimum Gasteiger partial charge on any atom is -0.495 e. The molecule has 0 saturated heterocycles. The second-order valence-electron chi connectivity index (χ2n) is 4.01. The first kappa shape index (κ1) is 13.8. The van der Waals surface area contributed by atoms with Gasteiger partial charge in [0.25, 0.3) is 5.91 Å². The Hall–Kier alpha value is -2.63. The smallest absolute Gasteiger partial charge is 0.258 e. The Morgan fingerprint density at radius 2 is 2.00 bits per heavy atom. The zero-order valence-corrected chi connectivity index (χ0v) is 10.6. The summed E-state index contributed by atoms with van der Waals surface area (Å²) in [5.41, 5.74) is 6.03. The van der Waals surface area contributed by atoms with E-state index in [0.717, 1.165) is 6.07 Å². The van der Waals surface area contributed by atoms with Gasteiger partial charge in [0.05, 0.1) is 18.4 Å². The van der Waals surface area contributed by atoms with Crippen LogP contribution in [0.4, 0.5) is 20.2 Å². The van der Waals surface area contributed by atoms with Gasteiger partial charge >= 0.3 is 0 Å². The minimum absolute atomic E-state index is 0.365. The molecule has 0 aliphatic heterocycles. The van der Waals surface area contributed by atoms with E-state index in [1.54, 1.807) is 0 Å². The maximum atomic E-state index is 13.5. The van der Waals surface area contributed by atoms with Crippen molar-refractivity contribution >= 4 is 17.3 Å². The van der Waals surface area contributed by atoms with Gasteiger partial charge in [-0.3, -0.25) is 4.79 Å². The average Bonchev–Trinajstić information content (AvgIpc) is 2.43. The molecule has 0 radical (unpaired) electrons. The maximum Gasteiger partial charge on any atom is 0.258 e. The van der Waals surface area contributed by atoms with E-state index < -0.39 is 17.5 Å². The van der Waals surface area contributed by atoms with Crippen LogP contribution in [0.15, 0.2) is 36.4 Å². The van der Waals surface area contributed by atoms with Gasteiger partial charge in [-0.2, -0.15) is 0 Å². The lowest BCUT2D eigenvalue weighted by Crippen LogP contribution is -2.14. The number of benzene rings is 2. The molecule has 0 heterocycles. The number of methoxy groups -OCH3 is 1. The third kappa shape index (κ3) is 2.69. The molecular formula is C14H12F2N2O2. The molecule has 1 amide bonds. The molecule has 2 rings (SSSR count). The fourth-order valence-corrected chi connectivity index (χ4v) is 1.67. The van der Waals surface area contributed by atoms with Crippen molar-refractivity contribution in [3.8, 4) is 5.75 Å². The van der Waals surface area contributed by atoms with Crippen molar-refractivity contribution in [1.29, 1.82) is 0 Å². The predicted molar refractivity (Wildman–Crippen MR) is 71.7 cm³/mol. The highest BCUT2D eigenvalue weighted by Crippen LogP contribution is 2.25. The summed E-state index contributed by atoms with van der Waals surface area (Å²) < 4.78 is 31.5. The van der Waals surface area contributed by atoms with Crippen molar-refractivity contribution in [3.63, 3.8) is 0 Å². The van der Waals surface area contributed by atoms with Crippen LogP contribution in [0.5, 0.6) is 5.75 Å². The molecule has 0 aromatic heterocycles. The van der Waals surface area contributed by atoms with Crippen LogP contribution in [0.1, 0.15) is 10.4 Å². The number of anilines is 2. The summed E-state index contributed by atoms with van der Waals surface area (Å²) in [7, 11) is 1.43. The second kappa shape index (κ2) is 5.56. The van der Waals surface area contributed by atoms with Crippen LogP contribution in [0.25, 0.3) is 0 Å². The largest absolute Gasteiger partial charge is 0.495 e. The van der Waals surface area contributed by atoms with Gasteiger partial charge < -0.3 is 15.8 Å². The number of rotatable bonds is 3. The lowest BCUT2D eigenvalue weighted by molar-refractivity contribution is 0.102. The van der Waals surface area contributed by atoms with Gasteiger partial charge in [0.2, 0.25) is 0 Å². The molecule has 0 bridgehead atoms. The van der Waals surface area contributed by atoms with E-state index in [0.29, 0.717) is 17.1 Å². The summed E-state index contributed by atoms with van der Waals surface area (Å²) in [4.78, 5) is 11.9. The molecule has 0 unspecified atom stereocenters. The standard InChI is InChI=1S/C14H12F2N2O2/c1-20-12-7-8(5-6-11(12)17)18-14(19)9-3-2-4-10(15)13(9)16/h2-7H,17H2,1H3,(H,18,19). The number of nitrogen functional groups attached to an aromatic ring is 1. The highest BCUT2D eigenvalue weighted by molar-refractivity contribution is 6.04. The van der Waals surface area contributed by atoms with E-state index >= 15 is 0 Å². The molecule has 104 valence electrons. The molecule has 0 saturated carbocycles. The number of nitrogens with two attached hydrogens (primary N) is 1. The van der Waals surface area contributed by atoms with Gasteiger partial charge in [0.1, 0.15) is 5.75 Å². The Kier molecular flexibility index (Phi) is 3.84. The third-order valence-corrected chi connectivity index (χ3v) is 2.69. The molecule has 0 fully saturated rings. The van der Waals surface area contributed by atoms with Crippen LogP contribution in [0, 0.1) is 11.6 Å². The van der Waals surface area contributed by atoms with Crippen LogP contribution >= 0.6 is 0 Å². The van der Waals surface area contributed by atoms with E-state index in [1.165, 1.54) is 37.4 Å². The monoisotopic (exact) mass is 278 g/mol. The highest BCUT2D eigenvalue weighted by Gasteiger charge is 2.15. The molecule has 20 heavy (non-hydrogen) atoms. The third-order valence-electron chi connectivity index (χ3n) is 2.69. The van der Waals surface area contributed by atoms with Crippen LogP contribution < -0.4 is 15.8 Å². The second-order valence-corrected chi connectivity index (χ2v) is 4.01. The summed E-state index contributed by atoms with van der Waals surface area (Å²) in [6, 6.07) is 7.96. The van der Waals surface area contributed by atoms with Gasteiger partial charge in [-0.25, -0.2) is 8.78 Å². The van der Waals surface area contributed by atoms with E-state index in [2.05, 4.69) is 5.32 Å². The van der Waals surface area contributed by atoms with Gasteiger partial charge in [0, 0.05) is 11.8 Å². The van der Waals surface area contributed by atoms with Crippen molar-refractivity contribution in [2.75, 3.05) is 18.2 Å². The van der Waals surface area contributed by atoms with Gasteiger partial charge in [-0.15, -0.1) is 0 Å². The molecule has 6 heteroatoms. The molecule has 0 atom stereocenters. The van der Waals surface area contributed by atoms with Gasteiger partial charge in [0.15, 0.2) is 11.6 Å². The predicted octanol–water partition coefficient (Wildman–Crippen LogP) is 2.81. The number of halogens is 2. The molecule has 0 aliphatic carbocycles. The van der Waals surface area contributed by atoms with Gasteiger partial charge in [-0.05, 0) is 24.3 Å². The van der Waals surface area contributed by atoms with Crippen molar-refractivity contribution in [2.45, 2.75) is 0 Å². The van der Waals surface area contributed by atoms with Crippen LogP contribution in [-0.4, -0.2) is 13.0 Å². The molecule has 3 N–H and O–H groups in total. The first-order valence-electron chi connectivity index (χ1n) is 5.72. The number of hydrogen-bond donors (Lipinski definition) is 2. The number of nitrogens with one attached hydrogen (secondary N) is 1. The Balaban J connectivity index is 2.26. The average molecular weight is 278 g/mol. The highest BCUT2D eigenvalue weighted by atomic mass is 19.2. The Morgan fingerprint density at radius 3 is 2.70 bits per heavy atom. The zero-order valence-electron chi connectivity index (χ0n) is 10.6. The molecular weight excluding hydrogens is 266 g/mol. The fraction of sp³-hybridized carbons (Fsp3) is 0.0714. The van der Waals surface area contributed by atoms with E-state index in [1.807, 2.05) is 0 Å². The first-order valence-corrected chi connectivity index (χ1v) is 5.72. The normalized spacial score (nSPS) is 10.2. The molecule has 2 aromatic carbocycles. The Bertz CT molecular complexity index is 660. The van der Waals surface area contributed by atoms with E-state index in [4.69, 9.17) is 10.5 Å². The lowest BCUT2D eigenvalue weighted by Gasteiger charge is -2.09. The molecule has 0 spiro atoms. The molecule has 2 aromatic rings. The van der Waals surface area contributed by atoms with E-state index in [9.17, 15) is 13.6 Å². The number of hydrogen-bond acceptors (Lipinski definition) is 3. The first-order chi connectivity index (χ1) is 9.52. The summed E-state index contributed by atoms with van der Waals surface area (Å²) in [5.74, 6) is -2.64. The molecule has 4 nitrogen and oxygen atoms in total. The number of carbonyl (C=O) groups excluding carboxylic acids is 1. The maximum absolute atomic E-state index is 13.5. The summed E-state index contributed by atoms with van der Waals surface area (Å²) in [6.07, 6.45) is 0. The van der Waals surface area contributed by atoms with Crippen LogP contribution in [-0.2, 0) is 0 Å². The van der Waals surface area contributed by atoms with Crippen molar-refractivity contribution in [3.05, 3.63) is 53.6 Å². The summed E-state index contributed by atoms with van der Waals surface area (Å²) >= 11 is 0. The van der Waals surface area contributed by atoms with E-state index in [-0.39, 0.29) is 5.56 Å².